The third-order valence-corrected chi connectivity index (χ3v) is 5.39. The van der Waals surface area contributed by atoms with Gasteiger partial charge in [0.15, 0.2) is 0 Å². The maximum Gasteiger partial charge on any atom is 0.129 e. The first-order valence-electron chi connectivity index (χ1n) is 7.59. The summed E-state index contributed by atoms with van der Waals surface area (Å²) < 4.78 is 3.14. The highest BCUT2D eigenvalue weighted by Crippen LogP contribution is 2.53. The number of rotatable bonds is 4. The lowest BCUT2D eigenvalue weighted by Crippen LogP contribution is -2.48. The van der Waals surface area contributed by atoms with Gasteiger partial charge in [-0.1, -0.05) is 13.0 Å². The summed E-state index contributed by atoms with van der Waals surface area (Å²) in [5.41, 5.74) is 1.87. The van der Waals surface area contributed by atoms with Crippen molar-refractivity contribution in [1.29, 1.82) is 0 Å². The minimum atomic E-state index is 0.666. The summed E-state index contributed by atoms with van der Waals surface area (Å²) in [6, 6.07) is 4.33. The number of anilines is 1. The van der Waals surface area contributed by atoms with Gasteiger partial charge in [-0.15, -0.1) is 0 Å². The summed E-state index contributed by atoms with van der Waals surface area (Å²) in [5, 5.41) is 0. The van der Waals surface area contributed by atoms with Gasteiger partial charge in [0.2, 0.25) is 0 Å². The van der Waals surface area contributed by atoms with Gasteiger partial charge in [-0.25, -0.2) is 9.97 Å². The van der Waals surface area contributed by atoms with Gasteiger partial charge in [0.25, 0.3) is 0 Å². The van der Waals surface area contributed by atoms with E-state index in [0.29, 0.717) is 5.41 Å². The highest BCUT2D eigenvalue weighted by atomic mass is 79.9. The molecule has 0 unspecified atom stereocenters. The summed E-state index contributed by atoms with van der Waals surface area (Å²) in [6.45, 7) is 5.33. The van der Waals surface area contributed by atoms with Crippen LogP contribution in [0.5, 0.6) is 0 Å². The highest BCUT2D eigenvalue weighted by molar-refractivity contribution is 9.10. The molecule has 110 valence electrons. The van der Waals surface area contributed by atoms with Crippen molar-refractivity contribution in [2.75, 3.05) is 18.0 Å². The molecule has 2 aromatic rings. The van der Waals surface area contributed by atoms with E-state index < -0.39 is 0 Å². The van der Waals surface area contributed by atoms with Crippen molar-refractivity contribution in [3.8, 4) is 0 Å². The molecular formula is C16H19BrN4. The molecule has 4 nitrogen and oxygen atoms in total. The van der Waals surface area contributed by atoms with Crippen LogP contribution < -0.4 is 4.90 Å². The average molecular weight is 347 g/mol. The van der Waals surface area contributed by atoms with E-state index in [1.807, 2.05) is 12.4 Å². The van der Waals surface area contributed by atoms with Crippen LogP contribution in [0.2, 0.25) is 0 Å². The Hall–Kier alpha value is -1.36. The molecule has 1 saturated carbocycles. The summed E-state index contributed by atoms with van der Waals surface area (Å²) >= 11 is 3.63. The zero-order chi connectivity index (χ0) is 14.4. The van der Waals surface area contributed by atoms with Gasteiger partial charge >= 0.3 is 0 Å². The van der Waals surface area contributed by atoms with Crippen molar-refractivity contribution in [2.24, 2.45) is 5.41 Å². The van der Waals surface area contributed by atoms with Gasteiger partial charge in [-0.05, 0) is 34.8 Å². The van der Waals surface area contributed by atoms with Gasteiger partial charge in [0.1, 0.15) is 16.2 Å². The average Bonchev–Trinajstić information content (AvgIpc) is 3.13. The largest absolute Gasteiger partial charge is 0.355 e. The Balaban J connectivity index is 1.51. The van der Waals surface area contributed by atoms with Crippen molar-refractivity contribution in [1.82, 2.24) is 14.5 Å². The van der Waals surface area contributed by atoms with Crippen LogP contribution in [0.1, 0.15) is 31.2 Å². The number of pyridine rings is 1. The minimum Gasteiger partial charge on any atom is -0.355 e. The van der Waals surface area contributed by atoms with Crippen LogP contribution in [-0.2, 0) is 13.0 Å². The van der Waals surface area contributed by atoms with Gasteiger partial charge in [-0.3, -0.25) is 0 Å². The molecule has 0 bridgehead atoms. The van der Waals surface area contributed by atoms with Crippen LogP contribution in [0.25, 0.3) is 0 Å². The second kappa shape index (κ2) is 4.83. The van der Waals surface area contributed by atoms with Crippen molar-refractivity contribution in [2.45, 2.75) is 32.7 Å². The van der Waals surface area contributed by atoms with Crippen molar-refractivity contribution in [3.05, 3.63) is 40.5 Å². The molecule has 0 amide bonds. The second-order valence-corrected chi connectivity index (χ2v) is 7.05. The minimum absolute atomic E-state index is 0.666. The van der Waals surface area contributed by atoms with E-state index >= 15 is 0 Å². The van der Waals surface area contributed by atoms with E-state index in [4.69, 9.17) is 4.98 Å². The molecule has 3 heterocycles. The quantitative estimate of drug-likeness (QED) is 0.797. The van der Waals surface area contributed by atoms with Crippen LogP contribution in [0.3, 0.4) is 0 Å². The first-order valence-corrected chi connectivity index (χ1v) is 8.39. The fourth-order valence-electron chi connectivity index (χ4n) is 3.15. The molecule has 1 spiro atoms. The Bertz CT molecular complexity index is 667. The van der Waals surface area contributed by atoms with E-state index in [0.717, 1.165) is 29.2 Å². The van der Waals surface area contributed by atoms with Crippen molar-refractivity contribution in [3.63, 3.8) is 0 Å². The lowest BCUT2D eigenvalue weighted by Gasteiger charge is -2.41. The van der Waals surface area contributed by atoms with Crippen LogP contribution in [0, 0.1) is 5.41 Å². The van der Waals surface area contributed by atoms with Gasteiger partial charge < -0.3 is 9.47 Å². The van der Waals surface area contributed by atoms with Gasteiger partial charge in [0.05, 0.1) is 6.54 Å². The summed E-state index contributed by atoms with van der Waals surface area (Å²) in [5.74, 6) is 2.22. The molecule has 0 radical (unpaired) electrons. The molecule has 21 heavy (non-hydrogen) atoms. The maximum atomic E-state index is 4.73. The number of halogens is 1. The number of aromatic nitrogens is 3. The Morgan fingerprint density at radius 3 is 2.76 bits per heavy atom. The molecule has 2 fully saturated rings. The van der Waals surface area contributed by atoms with E-state index in [2.05, 4.69) is 49.4 Å². The summed E-state index contributed by atoms with van der Waals surface area (Å²) in [4.78, 5) is 11.5. The molecule has 4 rings (SSSR count). The molecule has 1 aliphatic carbocycles. The molecule has 0 aromatic carbocycles. The second-order valence-electron chi connectivity index (χ2n) is 6.30. The SMILES string of the molecule is CCc1nccn1Cc1ccc(N2CC3(CC3)C2)nc1Br. The van der Waals surface area contributed by atoms with Crippen LogP contribution >= 0.6 is 15.9 Å². The topological polar surface area (TPSA) is 34.0 Å². The van der Waals surface area contributed by atoms with Crippen molar-refractivity contribution < 1.29 is 0 Å². The standard InChI is InChI=1S/C16H19BrN4/c1-2-13-18-7-8-20(13)9-12-3-4-14(19-15(12)17)21-10-16(11-21)5-6-16/h3-4,7-8H,2,5-6,9-11H2,1H3. The zero-order valence-corrected chi connectivity index (χ0v) is 13.8. The molecular weight excluding hydrogens is 328 g/mol. The van der Waals surface area contributed by atoms with E-state index in [-0.39, 0.29) is 0 Å². The van der Waals surface area contributed by atoms with Gasteiger partial charge in [-0.2, -0.15) is 0 Å². The molecule has 0 atom stereocenters. The third kappa shape index (κ3) is 2.37. The molecule has 2 aromatic heterocycles. The fourth-order valence-corrected chi connectivity index (χ4v) is 3.59. The summed E-state index contributed by atoms with van der Waals surface area (Å²) in [7, 11) is 0. The molecule has 1 saturated heterocycles. The monoisotopic (exact) mass is 346 g/mol. The third-order valence-electron chi connectivity index (χ3n) is 4.70. The van der Waals surface area contributed by atoms with Crippen molar-refractivity contribution >= 4 is 21.7 Å². The molecule has 0 N–H and O–H groups in total. The number of nitrogens with zero attached hydrogens (tertiary/aromatic N) is 4. The predicted octanol–water partition coefficient (Wildman–Crippen LogP) is 3.25. The lowest BCUT2D eigenvalue weighted by molar-refractivity contribution is 0.384. The maximum absolute atomic E-state index is 4.73. The fraction of sp³-hybridized carbons (Fsp3) is 0.500. The Morgan fingerprint density at radius 2 is 2.10 bits per heavy atom. The van der Waals surface area contributed by atoms with Crippen LogP contribution in [0.15, 0.2) is 29.1 Å². The van der Waals surface area contributed by atoms with E-state index in [1.54, 1.807) is 0 Å². The normalized spacial score (nSPS) is 18.9. The Kier molecular flexibility index (Phi) is 3.06. The highest BCUT2D eigenvalue weighted by Gasteiger charge is 2.52. The smallest absolute Gasteiger partial charge is 0.129 e. The number of imidazole rings is 1. The molecule has 5 heteroatoms. The molecule has 1 aliphatic heterocycles. The number of hydrogen-bond acceptors (Lipinski definition) is 3. The number of aryl methyl sites for hydroxylation is 1. The first kappa shape index (κ1) is 13.3. The van der Waals surface area contributed by atoms with Crippen LogP contribution in [0.4, 0.5) is 5.82 Å². The van der Waals surface area contributed by atoms with Gasteiger partial charge in [0, 0.05) is 42.9 Å². The van der Waals surface area contributed by atoms with Crippen LogP contribution in [-0.4, -0.2) is 27.6 Å². The first-order chi connectivity index (χ1) is 10.2. The lowest BCUT2D eigenvalue weighted by atomic mass is 9.97. The van der Waals surface area contributed by atoms with E-state index in [9.17, 15) is 0 Å². The Labute approximate surface area is 133 Å². The molecule has 2 aliphatic rings. The summed E-state index contributed by atoms with van der Waals surface area (Å²) in [6.07, 6.45) is 7.66. The zero-order valence-electron chi connectivity index (χ0n) is 12.2. The van der Waals surface area contributed by atoms with E-state index in [1.165, 1.54) is 31.5 Å². The number of hydrogen-bond donors (Lipinski definition) is 0. The predicted molar refractivity (Wildman–Crippen MR) is 86.5 cm³/mol. The Morgan fingerprint density at radius 1 is 1.29 bits per heavy atom.